The molecule has 2 heterocycles. The Morgan fingerprint density at radius 2 is 1.81 bits per heavy atom. The van der Waals surface area contributed by atoms with Crippen LogP contribution in [0.5, 0.6) is 0 Å². The summed E-state index contributed by atoms with van der Waals surface area (Å²) in [5.41, 5.74) is 2.15. The zero-order valence-corrected chi connectivity index (χ0v) is 15.6. The van der Waals surface area contributed by atoms with Crippen LogP contribution in [0.15, 0.2) is 35.4 Å². The van der Waals surface area contributed by atoms with E-state index >= 15 is 0 Å². The van der Waals surface area contributed by atoms with Crippen LogP contribution in [-0.2, 0) is 16.6 Å². The lowest BCUT2D eigenvalue weighted by Crippen LogP contribution is -2.49. The second-order valence-electron chi connectivity index (χ2n) is 6.43. The molecule has 0 bridgehead atoms. The molecule has 26 heavy (non-hydrogen) atoms. The van der Waals surface area contributed by atoms with Gasteiger partial charge in [-0.2, -0.15) is 4.31 Å². The first-order valence-electron chi connectivity index (χ1n) is 8.40. The third-order valence-electron chi connectivity index (χ3n) is 4.70. The fourth-order valence-electron chi connectivity index (χ4n) is 3.17. The van der Waals surface area contributed by atoms with E-state index in [1.807, 2.05) is 11.8 Å². The number of aromatic nitrogens is 1. The van der Waals surface area contributed by atoms with Gasteiger partial charge in [0.15, 0.2) is 0 Å². The Morgan fingerprint density at radius 3 is 2.38 bits per heavy atom. The highest BCUT2D eigenvalue weighted by Gasteiger charge is 2.30. The van der Waals surface area contributed by atoms with E-state index in [1.54, 1.807) is 25.1 Å². The number of piperazine rings is 1. The zero-order valence-electron chi connectivity index (χ0n) is 14.8. The van der Waals surface area contributed by atoms with Crippen molar-refractivity contribution in [2.75, 3.05) is 31.1 Å². The first-order chi connectivity index (χ1) is 12.3. The second-order valence-corrected chi connectivity index (χ2v) is 8.33. The van der Waals surface area contributed by atoms with Gasteiger partial charge in [0.05, 0.1) is 17.7 Å². The highest BCUT2D eigenvalue weighted by Crippen LogP contribution is 2.25. The van der Waals surface area contributed by atoms with Gasteiger partial charge in [0.1, 0.15) is 11.6 Å². The SMILES string of the molecule is Cc1cc(C)c(S(=O)(=O)N2CCN(c3ccc(F)cn3)CC2)cc1CO. The lowest BCUT2D eigenvalue weighted by molar-refractivity contribution is 0.280. The summed E-state index contributed by atoms with van der Waals surface area (Å²) in [6.45, 7) is 5.03. The Bertz CT molecular complexity index is 893. The van der Waals surface area contributed by atoms with Gasteiger partial charge in [0.2, 0.25) is 10.0 Å². The van der Waals surface area contributed by atoms with Gasteiger partial charge in [-0.15, -0.1) is 0 Å². The van der Waals surface area contributed by atoms with Crippen LogP contribution < -0.4 is 4.90 Å². The maximum absolute atomic E-state index is 13.0. The van der Waals surface area contributed by atoms with Crippen LogP contribution in [0.25, 0.3) is 0 Å². The average Bonchev–Trinajstić information content (AvgIpc) is 2.62. The fraction of sp³-hybridized carbons (Fsp3) is 0.389. The topological polar surface area (TPSA) is 73.7 Å². The molecular formula is C18H22FN3O3S. The number of rotatable bonds is 4. The van der Waals surface area contributed by atoms with Crippen molar-refractivity contribution in [3.05, 3.63) is 53.0 Å². The highest BCUT2D eigenvalue weighted by atomic mass is 32.2. The van der Waals surface area contributed by atoms with Crippen molar-refractivity contribution in [1.82, 2.24) is 9.29 Å². The Hall–Kier alpha value is -2.03. The molecule has 1 aromatic carbocycles. The van der Waals surface area contributed by atoms with Crippen LogP contribution in [0, 0.1) is 19.7 Å². The van der Waals surface area contributed by atoms with E-state index in [9.17, 15) is 17.9 Å². The molecule has 2 aromatic rings. The Labute approximate surface area is 152 Å². The van der Waals surface area contributed by atoms with Crippen molar-refractivity contribution >= 4 is 15.8 Å². The van der Waals surface area contributed by atoms with Gasteiger partial charge in [0.25, 0.3) is 0 Å². The van der Waals surface area contributed by atoms with Gasteiger partial charge < -0.3 is 10.0 Å². The van der Waals surface area contributed by atoms with E-state index in [0.29, 0.717) is 43.1 Å². The largest absolute Gasteiger partial charge is 0.392 e. The molecule has 8 heteroatoms. The molecule has 1 aromatic heterocycles. The summed E-state index contributed by atoms with van der Waals surface area (Å²) < 4.78 is 40.5. The number of halogens is 1. The minimum atomic E-state index is -3.64. The summed E-state index contributed by atoms with van der Waals surface area (Å²) in [5, 5.41) is 9.44. The van der Waals surface area contributed by atoms with E-state index in [1.165, 1.54) is 10.4 Å². The van der Waals surface area contributed by atoms with Crippen molar-refractivity contribution in [1.29, 1.82) is 0 Å². The molecule has 0 radical (unpaired) electrons. The standard InChI is InChI=1S/C18H22FN3O3S/c1-13-9-14(2)17(10-15(13)12-23)26(24,25)22-7-5-21(6-8-22)18-4-3-16(19)11-20-18/h3-4,9-11,23H,5-8,12H2,1-2H3. The third-order valence-corrected chi connectivity index (χ3v) is 6.74. The summed E-state index contributed by atoms with van der Waals surface area (Å²) in [5.74, 6) is 0.238. The number of nitrogens with zero attached hydrogens (tertiary/aromatic N) is 3. The zero-order chi connectivity index (χ0) is 18.9. The van der Waals surface area contributed by atoms with Crippen molar-refractivity contribution in [3.8, 4) is 0 Å². The summed E-state index contributed by atoms with van der Waals surface area (Å²) in [6.07, 6.45) is 1.16. The van der Waals surface area contributed by atoms with Gasteiger partial charge in [-0.1, -0.05) is 6.07 Å². The fourth-order valence-corrected chi connectivity index (χ4v) is 4.85. The minimum absolute atomic E-state index is 0.196. The van der Waals surface area contributed by atoms with Gasteiger partial charge >= 0.3 is 0 Å². The maximum atomic E-state index is 13.0. The number of sulfonamides is 1. The van der Waals surface area contributed by atoms with E-state index < -0.39 is 15.8 Å². The number of hydrogen-bond donors (Lipinski definition) is 1. The van der Waals surface area contributed by atoms with E-state index in [0.717, 1.165) is 11.8 Å². The van der Waals surface area contributed by atoms with Crippen molar-refractivity contribution in [2.45, 2.75) is 25.3 Å². The smallest absolute Gasteiger partial charge is 0.243 e. The van der Waals surface area contributed by atoms with Crippen LogP contribution in [-0.4, -0.2) is 49.0 Å². The quantitative estimate of drug-likeness (QED) is 0.878. The van der Waals surface area contributed by atoms with Crippen LogP contribution in [0.2, 0.25) is 0 Å². The first-order valence-corrected chi connectivity index (χ1v) is 9.84. The minimum Gasteiger partial charge on any atom is -0.392 e. The van der Waals surface area contributed by atoms with Crippen molar-refractivity contribution in [3.63, 3.8) is 0 Å². The summed E-state index contributed by atoms with van der Waals surface area (Å²) in [4.78, 5) is 6.22. The van der Waals surface area contributed by atoms with Crippen LogP contribution >= 0.6 is 0 Å². The van der Waals surface area contributed by atoms with Gasteiger partial charge in [0, 0.05) is 26.2 Å². The monoisotopic (exact) mass is 379 g/mol. The predicted molar refractivity (Wildman–Crippen MR) is 97.0 cm³/mol. The number of aliphatic hydroxyl groups is 1. The predicted octanol–water partition coefficient (Wildman–Crippen LogP) is 1.84. The molecule has 1 aliphatic heterocycles. The molecule has 0 atom stereocenters. The summed E-state index contributed by atoms with van der Waals surface area (Å²) in [7, 11) is -3.64. The van der Waals surface area contributed by atoms with Crippen LogP contribution in [0.1, 0.15) is 16.7 Å². The molecule has 1 aliphatic rings. The molecule has 1 fully saturated rings. The molecule has 0 amide bonds. The number of aliphatic hydroxyl groups excluding tert-OH is 1. The Morgan fingerprint density at radius 1 is 1.12 bits per heavy atom. The van der Waals surface area contributed by atoms with Crippen molar-refractivity contribution < 1.29 is 17.9 Å². The number of pyridine rings is 1. The number of hydrogen-bond acceptors (Lipinski definition) is 5. The Balaban J connectivity index is 1.79. The molecular weight excluding hydrogens is 357 g/mol. The summed E-state index contributed by atoms with van der Waals surface area (Å²) in [6, 6.07) is 6.29. The number of aryl methyl sites for hydroxylation is 2. The molecule has 3 rings (SSSR count). The molecule has 6 nitrogen and oxygen atoms in total. The van der Waals surface area contributed by atoms with Gasteiger partial charge in [-0.25, -0.2) is 17.8 Å². The number of benzene rings is 1. The molecule has 0 unspecified atom stereocenters. The van der Waals surface area contributed by atoms with Crippen molar-refractivity contribution in [2.24, 2.45) is 0 Å². The summed E-state index contributed by atoms with van der Waals surface area (Å²) >= 11 is 0. The molecule has 140 valence electrons. The molecule has 0 saturated carbocycles. The average molecular weight is 379 g/mol. The first kappa shape index (κ1) is 18.8. The van der Waals surface area contributed by atoms with Crippen LogP contribution in [0.4, 0.5) is 10.2 Å². The lowest BCUT2D eigenvalue weighted by atomic mass is 10.1. The van der Waals surface area contributed by atoms with Gasteiger partial charge in [-0.05, 0) is 48.7 Å². The van der Waals surface area contributed by atoms with Crippen LogP contribution in [0.3, 0.4) is 0 Å². The van der Waals surface area contributed by atoms with Gasteiger partial charge in [-0.3, -0.25) is 0 Å². The van der Waals surface area contributed by atoms with E-state index in [4.69, 9.17) is 0 Å². The Kier molecular flexibility index (Phi) is 5.27. The lowest BCUT2D eigenvalue weighted by Gasteiger charge is -2.35. The molecule has 1 N–H and O–H groups in total. The van der Waals surface area contributed by atoms with E-state index in [2.05, 4.69) is 4.98 Å². The maximum Gasteiger partial charge on any atom is 0.243 e. The molecule has 1 saturated heterocycles. The molecule has 0 spiro atoms. The normalized spacial score (nSPS) is 16.1. The highest BCUT2D eigenvalue weighted by molar-refractivity contribution is 7.89. The number of anilines is 1. The van der Waals surface area contributed by atoms with E-state index in [-0.39, 0.29) is 11.5 Å². The molecule has 0 aliphatic carbocycles. The third kappa shape index (κ3) is 3.58. The second kappa shape index (κ2) is 7.30.